The monoisotopic (exact) mass is 305 g/mol. The van der Waals surface area contributed by atoms with E-state index in [4.69, 9.17) is 9.47 Å². The smallest absolute Gasteiger partial charge is 0.161 e. The van der Waals surface area contributed by atoms with Gasteiger partial charge in [0, 0.05) is 23.9 Å². The minimum Gasteiger partial charge on any atom is -0.493 e. The number of rotatable bonds is 8. The molecule has 0 bridgehead atoms. The molecule has 4 heteroatoms. The number of thiophene rings is 1. The summed E-state index contributed by atoms with van der Waals surface area (Å²) in [4.78, 5) is 1.34. The van der Waals surface area contributed by atoms with E-state index in [0.717, 1.165) is 24.5 Å². The van der Waals surface area contributed by atoms with E-state index in [1.807, 2.05) is 6.07 Å². The lowest BCUT2D eigenvalue weighted by Crippen LogP contribution is -2.21. The van der Waals surface area contributed by atoms with Crippen LogP contribution in [0.2, 0.25) is 0 Å². The lowest BCUT2D eigenvalue weighted by Gasteiger charge is -2.13. The Balaban J connectivity index is 1.96. The summed E-state index contributed by atoms with van der Waals surface area (Å²) in [7, 11) is 1.67. The Morgan fingerprint density at radius 2 is 2.05 bits per heavy atom. The molecule has 0 unspecified atom stereocenters. The van der Waals surface area contributed by atoms with E-state index in [0.29, 0.717) is 12.6 Å². The molecule has 0 saturated carbocycles. The average molecular weight is 305 g/mol. The zero-order valence-corrected chi connectivity index (χ0v) is 13.7. The number of nitrogens with one attached hydrogen (secondary N) is 1. The molecule has 0 fully saturated rings. The van der Waals surface area contributed by atoms with Gasteiger partial charge in [-0.15, -0.1) is 11.3 Å². The van der Waals surface area contributed by atoms with Gasteiger partial charge in [-0.2, -0.15) is 0 Å². The number of hydrogen-bond acceptors (Lipinski definition) is 4. The number of methoxy groups -OCH3 is 1. The predicted octanol–water partition coefficient (Wildman–Crippen LogP) is 3.88. The Bertz CT molecular complexity index is 538. The fourth-order valence-electron chi connectivity index (χ4n) is 1.98. The zero-order chi connectivity index (χ0) is 15.1. The van der Waals surface area contributed by atoms with Crippen LogP contribution in [-0.2, 0) is 13.0 Å². The molecule has 0 aliphatic carbocycles. The van der Waals surface area contributed by atoms with Crippen LogP contribution in [0.4, 0.5) is 0 Å². The molecule has 1 aromatic heterocycles. The Morgan fingerprint density at radius 1 is 1.19 bits per heavy atom. The van der Waals surface area contributed by atoms with Crippen LogP contribution < -0.4 is 14.8 Å². The molecular formula is C17H23NO2S. The van der Waals surface area contributed by atoms with E-state index in [-0.39, 0.29) is 0 Å². The normalized spacial score (nSPS) is 10.9. The van der Waals surface area contributed by atoms with E-state index < -0.39 is 0 Å². The van der Waals surface area contributed by atoms with Crippen molar-refractivity contribution in [1.82, 2.24) is 5.32 Å². The Labute approximate surface area is 130 Å². The van der Waals surface area contributed by atoms with Crippen LogP contribution in [0.15, 0.2) is 35.7 Å². The molecule has 0 aliphatic rings. The highest BCUT2D eigenvalue weighted by molar-refractivity contribution is 7.09. The quantitative estimate of drug-likeness (QED) is 0.803. The van der Waals surface area contributed by atoms with Crippen LogP contribution in [0.5, 0.6) is 11.5 Å². The van der Waals surface area contributed by atoms with Gasteiger partial charge in [0.2, 0.25) is 0 Å². The van der Waals surface area contributed by atoms with Crippen LogP contribution in [-0.4, -0.2) is 19.8 Å². The standard InChI is InChI=1S/C17H23NO2S/c1-13(2)18-12-14-6-7-16(19-3)17(11-14)20-9-8-15-5-4-10-21-15/h4-7,10-11,13,18H,8-9,12H2,1-3H3. The molecule has 3 nitrogen and oxygen atoms in total. The number of hydrogen-bond donors (Lipinski definition) is 1. The molecule has 1 aromatic carbocycles. The third-order valence-electron chi connectivity index (χ3n) is 3.13. The van der Waals surface area contributed by atoms with Crippen LogP contribution in [0.1, 0.15) is 24.3 Å². The molecule has 0 spiro atoms. The molecule has 21 heavy (non-hydrogen) atoms. The summed E-state index contributed by atoms with van der Waals surface area (Å²) in [6, 6.07) is 10.8. The van der Waals surface area contributed by atoms with Gasteiger partial charge < -0.3 is 14.8 Å². The van der Waals surface area contributed by atoms with E-state index in [2.05, 4.69) is 48.8 Å². The topological polar surface area (TPSA) is 30.5 Å². The van der Waals surface area contributed by atoms with Gasteiger partial charge in [0.15, 0.2) is 11.5 Å². The maximum atomic E-state index is 5.90. The lowest BCUT2D eigenvalue weighted by molar-refractivity contribution is 0.298. The minimum absolute atomic E-state index is 0.468. The number of ether oxygens (including phenoxy) is 2. The summed E-state index contributed by atoms with van der Waals surface area (Å²) >= 11 is 1.76. The molecule has 0 saturated heterocycles. The van der Waals surface area contributed by atoms with Gasteiger partial charge in [0.1, 0.15) is 0 Å². The molecule has 0 amide bonds. The first-order valence-corrected chi connectivity index (χ1v) is 8.12. The molecule has 114 valence electrons. The van der Waals surface area contributed by atoms with E-state index >= 15 is 0 Å². The second kappa shape index (κ2) is 8.05. The molecular weight excluding hydrogens is 282 g/mol. The van der Waals surface area contributed by atoms with Crippen LogP contribution in [0, 0.1) is 0 Å². The molecule has 2 rings (SSSR count). The fraction of sp³-hybridized carbons (Fsp3) is 0.412. The molecule has 1 N–H and O–H groups in total. The molecule has 0 aliphatic heterocycles. The molecule has 0 radical (unpaired) electrons. The van der Waals surface area contributed by atoms with Crippen molar-refractivity contribution in [3.8, 4) is 11.5 Å². The summed E-state index contributed by atoms with van der Waals surface area (Å²) in [6.07, 6.45) is 0.926. The summed E-state index contributed by atoms with van der Waals surface area (Å²) in [5.74, 6) is 1.60. The summed E-state index contributed by atoms with van der Waals surface area (Å²) in [5, 5.41) is 5.50. The summed E-state index contributed by atoms with van der Waals surface area (Å²) < 4.78 is 11.3. The van der Waals surface area contributed by atoms with Crippen LogP contribution >= 0.6 is 11.3 Å². The third-order valence-corrected chi connectivity index (χ3v) is 4.06. The van der Waals surface area contributed by atoms with Crippen molar-refractivity contribution in [2.24, 2.45) is 0 Å². The maximum absolute atomic E-state index is 5.90. The minimum atomic E-state index is 0.468. The summed E-state index contributed by atoms with van der Waals surface area (Å²) in [6.45, 7) is 5.78. The van der Waals surface area contributed by atoms with Gasteiger partial charge in [-0.25, -0.2) is 0 Å². The molecule has 1 heterocycles. The first kappa shape index (κ1) is 15.9. The van der Waals surface area contributed by atoms with Gasteiger partial charge >= 0.3 is 0 Å². The van der Waals surface area contributed by atoms with Gasteiger partial charge in [0.05, 0.1) is 13.7 Å². The zero-order valence-electron chi connectivity index (χ0n) is 12.9. The molecule has 0 atom stereocenters. The van der Waals surface area contributed by atoms with Crippen molar-refractivity contribution in [2.45, 2.75) is 32.9 Å². The van der Waals surface area contributed by atoms with Crippen molar-refractivity contribution in [1.29, 1.82) is 0 Å². The van der Waals surface area contributed by atoms with E-state index in [1.54, 1.807) is 18.4 Å². The van der Waals surface area contributed by atoms with Crippen molar-refractivity contribution in [3.63, 3.8) is 0 Å². The van der Waals surface area contributed by atoms with E-state index in [9.17, 15) is 0 Å². The predicted molar refractivity (Wildman–Crippen MR) is 88.5 cm³/mol. The maximum Gasteiger partial charge on any atom is 0.161 e. The van der Waals surface area contributed by atoms with Gasteiger partial charge in [-0.1, -0.05) is 26.0 Å². The third kappa shape index (κ3) is 5.06. The van der Waals surface area contributed by atoms with Crippen molar-refractivity contribution < 1.29 is 9.47 Å². The van der Waals surface area contributed by atoms with Crippen LogP contribution in [0.25, 0.3) is 0 Å². The Hall–Kier alpha value is -1.52. The van der Waals surface area contributed by atoms with Crippen LogP contribution in [0.3, 0.4) is 0 Å². The second-order valence-corrected chi connectivity index (χ2v) is 6.23. The van der Waals surface area contributed by atoms with Crippen molar-refractivity contribution in [2.75, 3.05) is 13.7 Å². The van der Waals surface area contributed by atoms with Gasteiger partial charge in [-0.3, -0.25) is 0 Å². The van der Waals surface area contributed by atoms with Crippen molar-refractivity contribution >= 4 is 11.3 Å². The Morgan fingerprint density at radius 3 is 2.71 bits per heavy atom. The van der Waals surface area contributed by atoms with Crippen molar-refractivity contribution in [3.05, 3.63) is 46.2 Å². The first-order valence-electron chi connectivity index (χ1n) is 7.24. The SMILES string of the molecule is COc1ccc(CNC(C)C)cc1OCCc1cccs1. The fourth-order valence-corrected chi connectivity index (χ4v) is 2.67. The average Bonchev–Trinajstić information content (AvgIpc) is 2.98. The molecule has 2 aromatic rings. The van der Waals surface area contributed by atoms with Gasteiger partial charge in [0.25, 0.3) is 0 Å². The highest BCUT2D eigenvalue weighted by Gasteiger charge is 2.06. The highest BCUT2D eigenvalue weighted by Crippen LogP contribution is 2.28. The lowest BCUT2D eigenvalue weighted by atomic mass is 10.2. The van der Waals surface area contributed by atoms with E-state index in [1.165, 1.54) is 10.4 Å². The largest absolute Gasteiger partial charge is 0.493 e. The number of benzene rings is 1. The summed E-state index contributed by atoms with van der Waals surface area (Å²) in [5.41, 5.74) is 1.20. The van der Waals surface area contributed by atoms with Gasteiger partial charge in [-0.05, 0) is 29.1 Å². The Kier molecular flexibility index (Phi) is 6.08. The first-order chi connectivity index (χ1) is 10.2. The highest BCUT2D eigenvalue weighted by atomic mass is 32.1. The second-order valence-electron chi connectivity index (χ2n) is 5.20.